The highest BCUT2D eigenvalue weighted by Gasteiger charge is 2.19. The molecule has 0 aromatic carbocycles. The molecular formula is C20H32N8O. The Morgan fingerprint density at radius 1 is 1.38 bits per heavy atom. The molecule has 2 aliphatic rings. The molecule has 0 saturated carbocycles. The molecule has 2 aromatic heterocycles. The first-order valence-electron chi connectivity index (χ1n) is 10.9. The number of nitrogens with one attached hydrogen (secondary N) is 2. The minimum Gasteiger partial charge on any atom is -0.345 e. The zero-order valence-corrected chi connectivity index (χ0v) is 17.3. The number of fused-ring (bicyclic) bond motifs is 1. The van der Waals surface area contributed by atoms with E-state index >= 15 is 0 Å². The molecule has 2 aromatic rings. The zero-order chi connectivity index (χ0) is 20.1. The molecular weight excluding hydrogens is 368 g/mol. The number of hydrogen-bond acceptors (Lipinski definition) is 6. The predicted octanol–water partition coefficient (Wildman–Crippen LogP) is 1.02. The summed E-state index contributed by atoms with van der Waals surface area (Å²) in [7, 11) is 0. The molecule has 0 aliphatic carbocycles. The van der Waals surface area contributed by atoms with E-state index in [1.807, 2.05) is 0 Å². The van der Waals surface area contributed by atoms with Crippen molar-refractivity contribution in [3.8, 4) is 0 Å². The maximum atomic E-state index is 12.5. The van der Waals surface area contributed by atoms with Gasteiger partial charge in [-0.1, -0.05) is 18.6 Å². The van der Waals surface area contributed by atoms with E-state index in [0.717, 1.165) is 51.5 Å². The van der Waals surface area contributed by atoms with E-state index in [2.05, 4.69) is 48.6 Å². The van der Waals surface area contributed by atoms with Crippen molar-refractivity contribution in [3.05, 3.63) is 29.3 Å². The lowest BCUT2D eigenvalue weighted by Gasteiger charge is -2.27. The number of hydrogen-bond donors (Lipinski definition) is 2. The fraction of sp³-hybridized carbons (Fsp3) is 0.700. The summed E-state index contributed by atoms with van der Waals surface area (Å²) >= 11 is 0. The van der Waals surface area contributed by atoms with E-state index in [0.29, 0.717) is 18.2 Å². The number of amides is 1. The van der Waals surface area contributed by atoms with Crippen LogP contribution in [0.1, 0.15) is 54.5 Å². The van der Waals surface area contributed by atoms with Crippen molar-refractivity contribution >= 4 is 5.91 Å². The largest absolute Gasteiger partial charge is 0.345 e. The third-order valence-electron chi connectivity index (χ3n) is 5.80. The van der Waals surface area contributed by atoms with E-state index < -0.39 is 0 Å². The molecule has 0 spiro atoms. The van der Waals surface area contributed by atoms with E-state index in [-0.39, 0.29) is 5.91 Å². The minimum absolute atomic E-state index is 0.200. The van der Waals surface area contributed by atoms with Crippen LogP contribution in [0.15, 0.2) is 12.3 Å². The molecule has 9 heteroatoms. The first-order valence-corrected chi connectivity index (χ1v) is 10.9. The van der Waals surface area contributed by atoms with Gasteiger partial charge in [0.15, 0.2) is 5.69 Å². The second kappa shape index (κ2) is 9.49. The number of piperidine rings is 1. The highest BCUT2D eigenvalue weighted by molar-refractivity contribution is 5.91. The zero-order valence-electron chi connectivity index (χ0n) is 17.3. The Morgan fingerprint density at radius 2 is 2.31 bits per heavy atom. The van der Waals surface area contributed by atoms with Gasteiger partial charge in [-0.25, -0.2) is 0 Å². The normalized spacial score (nSPS) is 19.8. The number of rotatable bonds is 8. The van der Waals surface area contributed by atoms with Crippen molar-refractivity contribution in [2.75, 3.05) is 26.2 Å². The third-order valence-corrected chi connectivity index (χ3v) is 5.80. The molecule has 0 unspecified atom stereocenters. The van der Waals surface area contributed by atoms with Crippen LogP contribution in [0, 0.1) is 5.92 Å². The summed E-state index contributed by atoms with van der Waals surface area (Å²) < 4.78 is 3.85. The van der Waals surface area contributed by atoms with Crippen molar-refractivity contribution in [1.29, 1.82) is 0 Å². The van der Waals surface area contributed by atoms with Crippen LogP contribution in [0.3, 0.4) is 0 Å². The Labute approximate surface area is 171 Å². The van der Waals surface area contributed by atoms with Gasteiger partial charge in [-0.2, -0.15) is 5.10 Å². The Hall–Kier alpha value is -2.26. The smallest absolute Gasteiger partial charge is 0.273 e. The fourth-order valence-corrected chi connectivity index (χ4v) is 4.14. The van der Waals surface area contributed by atoms with Gasteiger partial charge in [0, 0.05) is 19.6 Å². The average molecular weight is 401 g/mol. The number of carbonyl (C=O) groups is 1. The molecule has 158 valence electrons. The molecule has 1 fully saturated rings. The third kappa shape index (κ3) is 5.22. The second-order valence-corrected chi connectivity index (χ2v) is 8.20. The van der Waals surface area contributed by atoms with Gasteiger partial charge in [-0.15, -0.1) is 5.10 Å². The van der Waals surface area contributed by atoms with E-state index in [1.54, 1.807) is 10.9 Å². The summed E-state index contributed by atoms with van der Waals surface area (Å²) in [6.45, 7) is 9.56. The monoisotopic (exact) mass is 400 g/mol. The maximum Gasteiger partial charge on any atom is 0.273 e. The summed E-state index contributed by atoms with van der Waals surface area (Å²) in [6.07, 6.45) is 6.57. The lowest BCUT2D eigenvalue weighted by molar-refractivity contribution is 0.0945. The van der Waals surface area contributed by atoms with E-state index in [4.69, 9.17) is 0 Å². The van der Waals surface area contributed by atoms with Crippen LogP contribution in [0.2, 0.25) is 0 Å². The van der Waals surface area contributed by atoms with Gasteiger partial charge in [0.25, 0.3) is 5.91 Å². The Kier molecular flexibility index (Phi) is 6.56. The van der Waals surface area contributed by atoms with Crippen molar-refractivity contribution in [3.63, 3.8) is 0 Å². The van der Waals surface area contributed by atoms with Crippen molar-refractivity contribution in [2.24, 2.45) is 5.92 Å². The molecule has 9 nitrogen and oxygen atoms in total. The van der Waals surface area contributed by atoms with Crippen molar-refractivity contribution < 1.29 is 4.79 Å². The Bertz CT molecular complexity index is 807. The second-order valence-electron chi connectivity index (χ2n) is 8.20. The number of aromatic nitrogens is 5. The summed E-state index contributed by atoms with van der Waals surface area (Å²) in [6, 6.07) is 2.10. The van der Waals surface area contributed by atoms with Crippen LogP contribution in [0.4, 0.5) is 0 Å². The van der Waals surface area contributed by atoms with Gasteiger partial charge in [0.1, 0.15) is 0 Å². The Balaban J connectivity index is 1.27. The predicted molar refractivity (Wildman–Crippen MR) is 109 cm³/mol. The first kappa shape index (κ1) is 20.0. The SMILES string of the molecule is CCCCN1CCn2nc(CNC(=O)c3cn(C[C@H]4CCCNC4)nn3)cc2C1. The van der Waals surface area contributed by atoms with Crippen LogP contribution in [0.25, 0.3) is 0 Å². The molecule has 1 atom stereocenters. The molecule has 1 saturated heterocycles. The van der Waals surface area contributed by atoms with Gasteiger partial charge in [-0.3, -0.25) is 19.1 Å². The highest BCUT2D eigenvalue weighted by atomic mass is 16.2. The van der Waals surface area contributed by atoms with E-state index in [1.165, 1.54) is 31.4 Å². The van der Waals surface area contributed by atoms with Gasteiger partial charge in [0.05, 0.1) is 30.7 Å². The summed E-state index contributed by atoms with van der Waals surface area (Å²) in [5.41, 5.74) is 2.48. The van der Waals surface area contributed by atoms with E-state index in [9.17, 15) is 4.79 Å². The molecule has 0 radical (unpaired) electrons. The van der Waals surface area contributed by atoms with Crippen molar-refractivity contribution in [2.45, 2.75) is 58.8 Å². The van der Waals surface area contributed by atoms with Crippen LogP contribution >= 0.6 is 0 Å². The molecule has 4 rings (SSSR count). The van der Waals surface area contributed by atoms with Crippen molar-refractivity contribution in [1.82, 2.24) is 40.3 Å². The van der Waals surface area contributed by atoms with Gasteiger partial charge < -0.3 is 10.6 Å². The Morgan fingerprint density at radius 3 is 3.14 bits per heavy atom. The number of carbonyl (C=O) groups excluding carboxylic acids is 1. The van der Waals surface area contributed by atoms with Gasteiger partial charge in [-0.05, 0) is 50.9 Å². The molecule has 4 heterocycles. The molecule has 29 heavy (non-hydrogen) atoms. The van der Waals surface area contributed by atoms with Crippen LogP contribution < -0.4 is 10.6 Å². The minimum atomic E-state index is -0.200. The summed E-state index contributed by atoms with van der Waals surface area (Å²) in [5.74, 6) is 0.351. The molecule has 2 N–H and O–H groups in total. The summed E-state index contributed by atoms with van der Waals surface area (Å²) in [5, 5.41) is 19.1. The molecule has 1 amide bonds. The molecule has 0 bridgehead atoms. The summed E-state index contributed by atoms with van der Waals surface area (Å²) in [4.78, 5) is 14.9. The standard InChI is InChI=1S/C20H32N8O/c1-2-3-7-26-8-9-28-18(14-26)10-17(24-28)12-22-20(29)19-15-27(25-23-19)13-16-5-4-6-21-11-16/h10,15-16,21H,2-9,11-14H2,1H3,(H,22,29)/t16-/m0/s1. The quantitative estimate of drug-likeness (QED) is 0.687. The van der Waals surface area contributed by atoms with Gasteiger partial charge in [0.2, 0.25) is 0 Å². The average Bonchev–Trinajstić information content (AvgIpc) is 3.37. The topological polar surface area (TPSA) is 92.9 Å². The maximum absolute atomic E-state index is 12.5. The van der Waals surface area contributed by atoms with Crippen LogP contribution in [0.5, 0.6) is 0 Å². The van der Waals surface area contributed by atoms with Crippen LogP contribution in [-0.2, 0) is 26.2 Å². The lowest BCUT2D eigenvalue weighted by Crippen LogP contribution is -2.34. The number of nitrogens with zero attached hydrogens (tertiary/aromatic N) is 6. The molecule has 2 aliphatic heterocycles. The highest BCUT2D eigenvalue weighted by Crippen LogP contribution is 2.15. The van der Waals surface area contributed by atoms with Crippen LogP contribution in [-0.4, -0.2) is 61.8 Å². The fourth-order valence-electron chi connectivity index (χ4n) is 4.14. The lowest BCUT2D eigenvalue weighted by atomic mass is 10.00. The van der Waals surface area contributed by atoms with Gasteiger partial charge >= 0.3 is 0 Å². The number of unbranched alkanes of at least 4 members (excludes halogenated alkanes) is 1. The first-order chi connectivity index (χ1) is 14.2.